The Labute approximate surface area is 343 Å². The number of amides is 2. The van der Waals surface area contributed by atoms with Gasteiger partial charge in [0.2, 0.25) is 17.6 Å². The largest absolute Gasteiger partial charge is 0.493 e. The van der Waals surface area contributed by atoms with Gasteiger partial charge in [0.15, 0.2) is 11.5 Å². The van der Waals surface area contributed by atoms with Crippen LogP contribution in [0, 0.1) is 23.2 Å². The molecule has 4 fully saturated rings. The molecule has 1 saturated heterocycles. The fourth-order valence-electron chi connectivity index (χ4n) is 9.53. The molecule has 0 aromatic heterocycles. The van der Waals surface area contributed by atoms with Crippen molar-refractivity contribution in [1.82, 2.24) is 10.6 Å². The first kappa shape index (κ1) is 41.2. The van der Waals surface area contributed by atoms with Gasteiger partial charge < -0.3 is 39.5 Å². The number of hydrogen-bond donors (Lipinski definition) is 3. The Bertz CT molecular complexity index is 2040. The summed E-state index contributed by atoms with van der Waals surface area (Å²) in [6, 6.07) is 30.2. The third-order valence-corrected chi connectivity index (χ3v) is 13.0. The SMILES string of the molecule is COc1cc(CC(Nc2cccc(-c3ccccc3)c2)C(=O)NC(C(=O)N[C@@H](Cc2ccccc2)B2O[C@@H]3C[C@@H]4C[C@@H](C4(C)C)[C@]3(C)O2)C(C)C)cc(OC)c1OC. The van der Waals surface area contributed by atoms with Crippen LogP contribution in [0.5, 0.6) is 17.2 Å². The maximum absolute atomic E-state index is 14.6. The summed E-state index contributed by atoms with van der Waals surface area (Å²) >= 11 is 0. The summed E-state index contributed by atoms with van der Waals surface area (Å²) in [6.45, 7) is 10.7. The minimum atomic E-state index is -0.850. The summed E-state index contributed by atoms with van der Waals surface area (Å²) in [5.41, 5.74) is 4.41. The molecule has 3 aliphatic carbocycles. The molecule has 0 spiro atoms. The molecule has 4 aliphatic rings. The van der Waals surface area contributed by atoms with E-state index in [-0.39, 0.29) is 35.7 Å². The highest BCUT2D eigenvalue weighted by molar-refractivity contribution is 6.48. The van der Waals surface area contributed by atoms with E-state index in [4.69, 9.17) is 23.5 Å². The molecule has 58 heavy (non-hydrogen) atoms. The zero-order valence-corrected chi connectivity index (χ0v) is 35.0. The fourth-order valence-corrected chi connectivity index (χ4v) is 9.53. The highest BCUT2D eigenvalue weighted by Gasteiger charge is 2.68. The van der Waals surface area contributed by atoms with Gasteiger partial charge in [-0.1, -0.05) is 100 Å². The maximum Gasteiger partial charge on any atom is 0.482 e. The smallest absolute Gasteiger partial charge is 0.482 e. The molecular formula is C47H58BN3O7. The monoisotopic (exact) mass is 787 g/mol. The van der Waals surface area contributed by atoms with Gasteiger partial charge in [-0.25, -0.2) is 0 Å². The van der Waals surface area contributed by atoms with Crippen LogP contribution in [0.25, 0.3) is 11.1 Å². The lowest BCUT2D eigenvalue weighted by molar-refractivity contribution is -0.199. The number of carbonyl (C=O) groups excluding carboxylic acids is 2. The van der Waals surface area contributed by atoms with E-state index in [1.54, 1.807) is 21.3 Å². The first-order valence-corrected chi connectivity index (χ1v) is 20.5. The van der Waals surface area contributed by atoms with Crippen LogP contribution < -0.4 is 30.2 Å². The number of methoxy groups -OCH3 is 3. The Morgan fingerprint density at radius 2 is 1.41 bits per heavy atom. The first-order chi connectivity index (χ1) is 27.8. The van der Waals surface area contributed by atoms with E-state index in [9.17, 15) is 9.59 Å². The van der Waals surface area contributed by atoms with Crippen molar-refractivity contribution in [3.8, 4) is 28.4 Å². The van der Waals surface area contributed by atoms with Crippen molar-refractivity contribution in [2.24, 2.45) is 23.2 Å². The Balaban J connectivity index is 1.15. The minimum absolute atomic E-state index is 0.0347. The minimum Gasteiger partial charge on any atom is -0.493 e. The van der Waals surface area contributed by atoms with Crippen molar-refractivity contribution in [3.05, 3.63) is 108 Å². The molecular weight excluding hydrogens is 729 g/mol. The summed E-state index contributed by atoms with van der Waals surface area (Å²) in [5.74, 6) is 1.07. The second kappa shape index (κ2) is 17.1. The van der Waals surface area contributed by atoms with Gasteiger partial charge in [-0.05, 0) is 95.9 Å². The van der Waals surface area contributed by atoms with Crippen LogP contribution in [-0.4, -0.2) is 70.0 Å². The molecule has 1 aliphatic heterocycles. The van der Waals surface area contributed by atoms with Crippen molar-refractivity contribution >= 4 is 24.6 Å². The second-order valence-electron chi connectivity index (χ2n) is 17.3. The number of ether oxygens (including phenoxy) is 3. The predicted octanol–water partition coefficient (Wildman–Crippen LogP) is 7.54. The van der Waals surface area contributed by atoms with Gasteiger partial charge in [0, 0.05) is 12.1 Å². The molecule has 7 atom stereocenters. The normalized spacial score (nSPS) is 23.1. The quantitative estimate of drug-likeness (QED) is 0.0999. The van der Waals surface area contributed by atoms with E-state index >= 15 is 0 Å². The number of rotatable bonds is 16. The Hall–Kier alpha value is -5.00. The van der Waals surface area contributed by atoms with Crippen molar-refractivity contribution in [2.45, 2.75) is 90.0 Å². The van der Waals surface area contributed by atoms with E-state index in [1.165, 1.54) is 0 Å². The Kier molecular flexibility index (Phi) is 12.1. The van der Waals surface area contributed by atoms with E-state index in [1.807, 2.05) is 86.6 Å². The molecule has 4 aromatic carbocycles. The number of carbonyl (C=O) groups is 2. The van der Waals surface area contributed by atoms with E-state index < -0.39 is 30.7 Å². The molecule has 0 radical (unpaired) electrons. The zero-order valence-electron chi connectivity index (χ0n) is 35.0. The van der Waals surface area contributed by atoms with Crippen LogP contribution in [0.15, 0.2) is 97.1 Å². The van der Waals surface area contributed by atoms with E-state index in [0.29, 0.717) is 35.5 Å². The number of benzene rings is 4. The van der Waals surface area contributed by atoms with Crippen LogP contribution in [0.2, 0.25) is 0 Å². The van der Waals surface area contributed by atoms with Gasteiger partial charge in [0.05, 0.1) is 39.0 Å². The molecule has 1 heterocycles. The lowest BCUT2D eigenvalue weighted by Crippen LogP contribution is -2.65. The summed E-state index contributed by atoms with van der Waals surface area (Å²) in [7, 11) is 4.05. The van der Waals surface area contributed by atoms with E-state index in [0.717, 1.165) is 40.8 Å². The van der Waals surface area contributed by atoms with Gasteiger partial charge in [-0.15, -0.1) is 0 Å². The summed E-state index contributed by atoms with van der Waals surface area (Å²) in [5, 5.41) is 9.94. The van der Waals surface area contributed by atoms with Crippen molar-refractivity contribution in [2.75, 3.05) is 26.6 Å². The Morgan fingerprint density at radius 1 is 0.759 bits per heavy atom. The molecule has 2 unspecified atom stereocenters. The predicted molar refractivity (Wildman–Crippen MR) is 228 cm³/mol. The highest BCUT2D eigenvalue weighted by Crippen LogP contribution is 2.65. The van der Waals surface area contributed by atoms with Crippen LogP contribution >= 0.6 is 0 Å². The zero-order chi connectivity index (χ0) is 41.2. The van der Waals surface area contributed by atoms with Gasteiger partial charge in [0.25, 0.3) is 0 Å². The number of hydrogen-bond acceptors (Lipinski definition) is 8. The van der Waals surface area contributed by atoms with Crippen LogP contribution in [0.4, 0.5) is 5.69 Å². The molecule has 4 aromatic rings. The third-order valence-electron chi connectivity index (χ3n) is 13.0. The third kappa shape index (κ3) is 8.29. The van der Waals surface area contributed by atoms with Crippen molar-refractivity contribution < 1.29 is 33.1 Å². The maximum atomic E-state index is 14.6. The standard InChI is InChI=1S/C47H58BN3O7/c1-29(2)42(45(53)50-41(25-30-16-11-9-12-17-30)48-57-40-28-34-27-39(46(34,3)4)47(40,5)58-48)51-44(52)36(22-31-23-37(54-6)43(56-8)38(24-31)55-7)49-35-21-15-20-33(26-35)32-18-13-10-14-19-32/h9-21,23-24,26,29,34,36,39-42,49H,22,25,27-28H2,1-8H3,(H,50,53)(H,51,52)/t34-,36?,39-,40+,41-,42?,47-/m0/s1. The molecule has 10 nitrogen and oxygen atoms in total. The van der Waals surface area contributed by atoms with E-state index in [2.05, 4.69) is 61.0 Å². The molecule has 3 saturated carbocycles. The van der Waals surface area contributed by atoms with Gasteiger partial charge in [-0.3, -0.25) is 9.59 Å². The molecule has 2 amide bonds. The molecule has 8 rings (SSSR count). The topological polar surface area (TPSA) is 116 Å². The van der Waals surface area contributed by atoms with Gasteiger partial charge in [0.1, 0.15) is 12.1 Å². The lowest BCUT2D eigenvalue weighted by atomic mass is 9.43. The average molecular weight is 788 g/mol. The summed E-state index contributed by atoms with van der Waals surface area (Å²) < 4.78 is 30.5. The first-order valence-electron chi connectivity index (χ1n) is 20.5. The average Bonchev–Trinajstić information content (AvgIpc) is 3.59. The fraction of sp³-hybridized carbons (Fsp3) is 0.447. The number of anilines is 1. The Morgan fingerprint density at radius 3 is 2.03 bits per heavy atom. The summed E-state index contributed by atoms with van der Waals surface area (Å²) in [4.78, 5) is 29.1. The highest BCUT2D eigenvalue weighted by atomic mass is 16.7. The van der Waals surface area contributed by atoms with Crippen LogP contribution in [-0.2, 0) is 31.7 Å². The van der Waals surface area contributed by atoms with Crippen molar-refractivity contribution in [3.63, 3.8) is 0 Å². The molecule has 3 N–H and O–H groups in total. The molecule has 11 heteroatoms. The van der Waals surface area contributed by atoms with Crippen LogP contribution in [0.1, 0.15) is 58.6 Å². The van der Waals surface area contributed by atoms with Crippen LogP contribution in [0.3, 0.4) is 0 Å². The van der Waals surface area contributed by atoms with Gasteiger partial charge in [-0.2, -0.15) is 0 Å². The molecule has 306 valence electrons. The van der Waals surface area contributed by atoms with Crippen molar-refractivity contribution in [1.29, 1.82) is 0 Å². The summed E-state index contributed by atoms with van der Waals surface area (Å²) in [6.07, 6.45) is 2.81. The lowest BCUT2D eigenvalue weighted by Gasteiger charge is -2.64. The molecule has 2 bridgehead atoms. The number of nitrogens with one attached hydrogen (secondary N) is 3. The van der Waals surface area contributed by atoms with Gasteiger partial charge >= 0.3 is 7.12 Å². The second-order valence-corrected chi connectivity index (χ2v) is 17.3.